The van der Waals surface area contributed by atoms with E-state index in [2.05, 4.69) is 18.0 Å². The summed E-state index contributed by atoms with van der Waals surface area (Å²) in [5.74, 6) is -0.120. The van der Waals surface area contributed by atoms with Crippen LogP contribution in [0.1, 0.15) is 82.4 Å². The summed E-state index contributed by atoms with van der Waals surface area (Å²) in [6, 6.07) is 13.3. The predicted octanol–water partition coefficient (Wildman–Crippen LogP) is 6.56. The van der Waals surface area contributed by atoms with Crippen LogP contribution >= 0.6 is 0 Å². The number of amides is 2. The number of carbonyl (C=O) groups is 2. The van der Waals surface area contributed by atoms with Crippen molar-refractivity contribution < 1.29 is 19.4 Å². The summed E-state index contributed by atoms with van der Waals surface area (Å²) in [7, 11) is 0. The molecule has 3 heterocycles. The Labute approximate surface area is 237 Å². The second-order valence-corrected chi connectivity index (χ2v) is 11.9. The fourth-order valence-corrected chi connectivity index (χ4v) is 7.66. The van der Waals surface area contributed by atoms with Crippen LogP contribution < -0.4 is 0 Å². The van der Waals surface area contributed by atoms with E-state index in [9.17, 15) is 14.7 Å². The summed E-state index contributed by atoms with van der Waals surface area (Å²) in [5, 5.41) is 10.00. The summed E-state index contributed by atoms with van der Waals surface area (Å²) in [4.78, 5) is 33.8. The molecule has 40 heavy (non-hydrogen) atoms. The van der Waals surface area contributed by atoms with Gasteiger partial charge >= 0.3 is 0 Å². The summed E-state index contributed by atoms with van der Waals surface area (Å²) in [6.45, 7) is 2.70. The number of hydrogen-bond acceptors (Lipinski definition) is 5. The average molecular weight is 541 g/mol. The molecule has 2 aliphatic carbocycles. The highest BCUT2D eigenvalue weighted by atomic mass is 16.5. The van der Waals surface area contributed by atoms with Crippen molar-refractivity contribution in [3.63, 3.8) is 0 Å². The Morgan fingerprint density at radius 1 is 1.07 bits per heavy atom. The maximum Gasteiger partial charge on any atom is 0.234 e. The molecule has 1 saturated carbocycles. The number of nitrogens with zero attached hydrogens (tertiary/aromatic N) is 2. The van der Waals surface area contributed by atoms with Gasteiger partial charge in [0.05, 0.1) is 30.2 Å². The second kappa shape index (κ2) is 11.7. The molecular weight excluding hydrogens is 500 g/mol. The topological polar surface area (TPSA) is 79.7 Å². The van der Waals surface area contributed by atoms with Crippen molar-refractivity contribution in [1.29, 1.82) is 0 Å². The van der Waals surface area contributed by atoms with Crippen molar-refractivity contribution in [2.75, 3.05) is 6.61 Å². The molecule has 2 aromatic rings. The van der Waals surface area contributed by atoms with E-state index in [1.54, 1.807) is 23.2 Å². The minimum absolute atomic E-state index is 0.00342. The summed E-state index contributed by atoms with van der Waals surface area (Å²) in [6.07, 6.45) is 13.3. The smallest absolute Gasteiger partial charge is 0.234 e. The largest absolute Gasteiger partial charge is 0.508 e. The number of carbonyl (C=O) groups excluding carboxylic acids is 2. The Morgan fingerprint density at radius 2 is 1.93 bits per heavy atom. The van der Waals surface area contributed by atoms with Crippen LogP contribution in [-0.2, 0) is 14.3 Å². The zero-order valence-electron chi connectivity index (χ0n) is 23.4. The number of aromatic hydroxyl groups is 1. The van der Waals surface area contributed by atoms with Gasteiger partial charge in [0, 0.05) is 18.2 Å². The van der Waals surface area contributed by atoms with Gasteiger partial charge in [-0.15, -0.1) is 0 Å². The Morgan fingerprint density at radius 3 is 2.67 bits per heavy atom. The molecule has 2 aliphatic heterocycles. The van der Waals surface area contributed by atoms with Crippen LogP contribution in [-0.4, -0.2) is 45.6 Å². The first-order chi connectivity index (χ1) is 19.5. The Hall–Kier alpha value is -3.25. The van der Waals surface area contributed by atoms with Gasteiger partial charge in [0.1, 0.15) is 5.75 Å². The van der Waals surface area contributed by atoms with Gasteiger partial charge in [-0.2, -0.15) is 0 Å². The van der Waals surface area contributed by atoms with E-state index in [0.717, 1.165) is 68.2 Å². The van der Waals surface area contributed by atoms with Crippen molar-refractivity contribution in [2.24, 2.45) is 17.8 Å². The first-order valence-corrected chi connectivity index (χ1v) is 15.2. The van der Waals surface area contributed by atoms with E-state index in [-0.39, 0.29) is 47.5 Å². The van der Waals surface area contributed by atoms with E-state index in [1.165, 1.54) is 17.6 Å². The molecule has 6 nitrogen and oxygen atoms in total. The molecule has 0 spiro atoms. The Kier molecular flexibility index (Phi) is 7.88. The molecule has 1 aromatic heterocycles. The number of fused-ring (bicyclic) bond motifs is 3. The molecule has 210 valence electrons. The highest BCUT2D eigenvalue weighted by Gasteiger charge is 2.57. The molecule has 0 bridgehead atoms. The quantitative estimate of drug-likeness (QED) is 0.303. The lowest BCUT2D eigenvalue weighted by atomic mass is 9.68. The van der Waals surface area contributed by atoms with E-state index in [1.807, 2.05) is 30.3 Å². The summed E-state index contributed by atoms with van der Waals surface area (Å²) >= 11 is 0. The fourth-order valence-electron chi connectivity index (χ4n) is 7.66. The zero-order valence-corrected chi connectivity index (χ0v) is 23.4. The van der Waals surface area contributed by atoms with Crippen molar-refractivity contribution in [3.8, 4) is 5.75 Å². The Bertz CT molecular complexity index is 1310. The van der Waals surface area contributed by atoms with Crippen LogP contribution in [0.15, 0.2) is 59.8 Å². The minimum Gasteiger partial charge on any atom is -0.508 e. The van der Waals surface area contributed by atoms with Gasteiger partial charge in [-0.25, -0.2) is 0 Å². The lowest BCUT2D eigenvalue weighted by molar-refractivity contribution is -0.143. The molecule has 1 aromatic carbocycles. The number of hydrogen-bond donors (Lipinski definition) is 1. The number of phenols is 1. The second-order valence-electron chi connectivity index (χ2n) is 11.9. The molecule has 1 N–H and O–H groups in total. The molecular formula is C34H40N2O4. The maximum absolute atomic E-state index is 13.8. The zero-order chi connectivity index (χ0) is 27.6. The number of allylic oxidation sites excluding steroid dienone is 2. The number of imide groups is 1. The van der Waals surface area contributed by atoms with E-state index >= 15 is 0 Å². The third-order valence-corrected chi connectivity index (χ3v) is 9.41. The highest BCUT2D eigenvalue weighted by Crippen LogP contribution is 2.51. The van der Waals surface area contributed by atoms with Gasteiger partial charge in [0.15, 0.2) is 0 Å². The molecule has 0 radical (unpaired) electrons. The first kappa shape index (κ1) is 26.9. The molecule has 6 heteroatoms. The van der Waals surface area contributed by atoms with Crippen LogP contribution in [0.4, 0.5) is 0 Å². The lowest BCUT2D eigenvalue weighted by Gasteiger charge is -2.32. The maximum atomic E-state index is 13.8. The molecule has 2 saturated heterocycles. The van der Waals surface area contributed by atoms with Crippen LogP contribution in [0.2, 0.25) is 0 Å². The molecule has 4 atom stereocenters. The Balaban J connectivity index is 1.26. The van der Waals surface area contributed by atoms with Crippen molar-refractivity contribution >= 4 is 23.5 Å². The highest BCUT2D eigenvalue weighted by molar-refractivity contribution is 6.06. The first-order valence-electron chi connectivity index (χ1n) is 15.2. The standard InChI is InChI=1S/C34H40N2O4/c1-2-9-24-20-27-32(34(39)36(33(27)38)25-11-4-3-5-12-25)28-21-40-30(31(24)28)16-15-23(29-14-6-7-17-35-29)18-22-10-8-13-26(37)19-22/h6-8,10,13-14,17-19,25,27-28,30,32,37H,2-5,9,11-12,15-16,20-21H2,1H3/b23-18-/t27-,28+,30-,32-/m1/s1. The fraction of sp³-hybridized carbons (Fsp3) is 0.500. The number of pyridine rings is 1. The number of phenolic OH excluding ortho intramolecular Hbond substituents is 1. The SMILES string of the molecule is CCCC1=C2[C@@H](CC/C(=C/c3cccc(O)c3)c3ccccn3)OC[C@@H]2[C@@H]2C(=O)N(C3CCCCC3)C(=O)[C@@H]2C1. The van der Waals surface area contributed by atoms with Gasteiger partial charge in [0.25, 0.3) is 0 Å². The van der Waals surface area contributed by atoms with Crippen LogP contribution in [0, 0.1) is 17.8 Å². The van der Waals surface area contributed by atoms with Crippen LogP contribution in [0.25, 0.3) is 11.6 Å². The normalized spacial score (nSPS) is 27.3. The van der Waals surface area contributed by atoms with Crippen molar-refractivity contribution in [3.05, 3.63) is 71.1 Å². The average Bonchev–Trinajstić information content (AvgIpc) is 3.50. The van der Waals surface area contributed by atoms with Crippen LogP contribution in [0.5, 0.6) is 5.75 Å². The van der Waals surface area contributed by atoms with Gasteiger partial charge in [-0.3, -0.25) is 19.5 Å². The molecule has 0 unspecified atom stereocenters. The van der Waals surface area contributed by atoms with Crippen molar-refractivity contribution in [2.45, 2.75) is 83.3 Å². The van der Waals surface area contributed by atoms with E-state index in [0.29, 0.717) is 13.0 Å². The summed E-state index contributed by atoms with van der Waals surface area (Å²) in [5.41, 5.74) is 5.56. The van der Waals surface area contributed by atoms with E-state index in [4.69, 9.17) is 4.74 Å². The number of aromatic nitrogens is 1. The molecule has 4 aliphatic rings. The number of likely N-dealkylation sites (tertiary alicyclic amines) is 1. The van der Waals surface area contributed by atoms with Gasteiger partial charge in [-0.05, 0) is 85.6 Å². The van der Waals surface area contributed by atoms with Gasteiger partial charge in [0.2, 0.25) is 11.8 Å². The summed E-state index contributed by atoms with van der Waals surface area (Å²) < 4.78 is 6.48. The lowest BCUT2D eigenvalue weighted by Crippen LogP contribution is -2.42. The molecule has 2 amide bonds. The number of rotatable bonds is 8. The van der Waals surface area contributed by atoms with Gasteiger partial charge < -0.3 is 9.84 Å². The van der Waals surface area contributed by atoms with Crippen molar-refractivity contribution in [1.82, 2.24) is 9.88 Å². The molecule has 6 rings (SSSR count). The minimum atomic E-state index is -0.270. The third kappa shape index (κ3) is 5.14. The van der Waals surface area contributed by atoms with Crippen LogP contribution in [0.3, 0.4) is 0 Å². The predicted molar refractivity (Wildman–Crippen MR) is 155 cm³/mol. The third-order valence-electron chi connectivity index (χ3n) is 9.41. The van der Waals surface area contributed by atoms with E-state index < -0.39 is 0 Å². The number of ether oxygens (including phenoxy) is 1. The monoisotopic (exact) mass is 540 g/mol. The molecule has 3 fully saturated rings. The number of benzene rings is 1. The van der Waals surface area contributed by atoms with Gasteiger partial charge in [-0.1, -0.05) is 56.4 Å².